The number of hydrogen-bond acceptors (Lipinski definition) is 6. The Labute approximate surface area is 164 Å². The lowest BCUT2D eigenvalue weighted by atomic mass is 10.2. The van der Waals surface area contributed by atoms with Crippen molar-refractivity contribution in [1.29, 1.82) is 0 Å². The molecular weight excluding hydrogens is 379 g/mol. The molecule has 8 nitrogen and oxygen atoms in total. The number of carboxylic acid groups (broad SMARTS) is 1. The number of hydrogen-bond donors (Lipinski definition) is 4. The Bertz CT molecular complexity index is 1120. The number of nitrogens with one attached hydrogen (secondary N) is 2. The number of H-pyrrole nitrogens is 1. The van der Waals surface area contributed by atoms with Gasteiger partial charge in [-0.25, -0.2) is 14.2 Å². The largest absolute Gasteiger partial charge is 0.477 e. The average molecular weight is 398 g/mol. The summed E-state index contributed by atoms with van der Waals surface area (Å²) in [5.41, 5.74) is -0.118. The standard InChI is InChI=1S/C20H19FN4O4/c21-14-6-12-17(27)13(20(28)29)8-23-18(12)24-19(14)25-9-15(16(26)10-25)22-7-11-4-2-1-3-5-11/h1-6,8,15-16,22,26H,7,9-10H2,(H,28,29)(H,23,24,27)/t15-,16-/m1/s1. The van der Waals surface area contributed by atoms with Gasteiger partial charge in [0.15, 0.2) is 11.6 Å². The molecular formula is C20H19FN4O4. The van der Waals surface area contributed by atoms with Gasteiger partial charge < -0.3 is 25.4 Å². The van der Waals surface area contributed by atoms with Crippen LogP contribution in [0.4, 0.5) is 10.2 Å². The number of aromatic carboxylic acids is 1. The second-order valence-electron chi connectivity index (χ2n) is 6.97. The fourth-order valence-electron chi connectivity index (χ4n) is 3.50. The minimum atomic E-state index is -1.40. The number of aliphatic hydroxyl groups excluding tert-OH is 1. The third-order valence-electron chi connectivity index (χ3n) is 5.03. The molecule has 4 N–H and O–H groups in total. The third kappa shape index (κ3) is 3.69. The molecule has 0 saturated carbocycles. The van der Waals surface area contributed by atoms with E-state index < -0.39 is 28.9 Å². The van der Waals surface area contributed by atoms with E-state index in [4.69, 9.17) is 5.11 Å². The average Bonchev–Trinajstić information content (AvgIpc) is 3.07. The number of anilines is 1. The van der Waals surface area contributed by atoms with E-state index in [-0.39, 0.29) is 29.4 Å². The number of aromatic nitrogens is 2. The maximum Gasteiger partial charge on any atom is 0.341 e. The number of carboxylic acids is 1. The summed E-state index contributed by atoms with van der Waals surface area (Å²) in [6.45, 7) is 1.08. The van der Waals surface area contributed by atoms with E-state index in [2.05, 4.69) is 15.3 Å². The Morgan fingerprint density at radius 1 is 1.31 bits per heavy atom. The topological polar surface area (TPSA) is 119 Å². The van der Waals surface area contributed by atoms with Crippen LogP contribution in [0, 0.1) is 5.82 Å². The highest BCUT2D eigenvalue weighted by Gasteiger charge is 2.33. The SMILES string of the molecule is O=C(O)c1c[nH]c2nc(N3C[C@@H](O)[C@H](NCc4ccccc4)C3)c(F)cc2c1=O. The monoisotopic (exact) mass is 398 g/mol. The summed E-state index contributed by atoms with van der Waals surface area (Å²) in [4.78, 5) is 31.7. The zero-order chi connectivity index (χ0) is 20.5. The van der Waals surface area contributed by atoms with Crippen molar-refractivity contribution >= 4 is 22.8 Å². The third-order valence-corrected chi connectivity index (χ3v) is 5.03. The number of aliphatic hydroxyl groups is 1. The molecule has 3 heterocycles. The number of fused-ring (bicyclic) bond motifs is 1. The second kappa shape index (κ2) is 7.61. The van der Waals surface area contributed by atoms with Crippen LogP contribution in [-0.4, -0.2) is 51.4 Å². The van der Waals surface area contributed by atoms with Gasteiger partial charge in [0.05, 0.1) is 17.5 Å². The van der Waals surface area contributed by atoms with Crippen molar-refractivity contribution in [2.75, 3.05) is 18.0 Å². The summed E-state index contributed by atoms with van der Waals surface area (Å²) in [5, 5.41) is 22.5. The molecule has 3 aromatic rings. The highest BCUT2D eigenvalue weighted by atomic mass is 19.1. The summed E-state index contributed by atoms with van der Waals surface area (Å²) in [6.07, 6.45) is 0.328. The van der Waals surface area contributed by atoms with Crippen LogP contribution in [0.1, 0.15) is 15.9 Å². The highest BCUT2D eigenvalue weighted by molar-refractivity contribution is 5.91. The summed E-state index contributed by atoms with van der Waals surface area (Å²) >= 11 is 0. The quantitative estimate of drug-likeness (QED) is 0.508. The van der Waals surface area contributed by atoms with Crippen LogP contribution in [-0.2, 0) is 6.54 Å². The van der Waals surface area contributed by atoms with Gasteiger partial charge in [-0.2, -0.15) is 0 Å². The first-order chi connectivity index (χ1) is 13.9. The zero-order valence-corrected chi connectivity index (χ0v) is 15.3. The van der Waals surface area contributed by atoms with E-state index in [1.165, 1.54) is 0 Å². The number of benzene rings is 1. The number of β-amino-alcohol motifs (C(OH)–C–C–N with tert-alkyl or cyclic N) is 1. The minimum absolute atomic E-state index is 0.000661. The van der Waals surface area contributed by atoms with E-state index in [1.807, 2.05) is 30.3 Å². The molecule has 1 saturated heterocycles. The molecule has 150 valence electrons. The fourth-order valence-corrected chi connectivity index (χ4v) is 3.50. The van der Waals surface area contributed by atoms with Crippen LogP contribution in [0.3, 0.4) is 0 Å². The van der Waals surface area contributed by atoms with E-state index in [9.17, 15) is 19.1 Å². The highest BCUT2D eigenvalue weighted by Crippen LogP contribution is 2.24. The molecule has 9 heteroatoms. The first-order valence-corrected chi connectivity index (χ1v) is 9.09. The number of aromatic amines is 1. The van der Waals surface area contributed by atoms with Gasteiger partial charge in [-0.05, 0) is 11.6 Å². The van der Waals surface area contributed by atoms with Crippen LogP contribution in [0.2, 0.25) is 0 Å². The van der Waals surface area contributed by atoms with E-state index in [1.54, 1.807) is 4.90 Å². The number of carbonyl (C=O) groups is 1. The molecule has 0 amide bonds. The molecule has 0 bridgehead atoms. The van der Waals surface area contributed by atoms with Gasteiger partial charge in [0.2, 0.25) is 5.43 Å². The zero-order valence-electron chi connectivity index (χ0n) is 15.3. The van der Waals surface area contributed by atoms with E-state index in [0.717, 1.165) is 17.8 Å². The van der Waals surface area contributed by atoms with Crippen LogP contribution in [0.25, 0.3) is 11.0 Å². The fraction of sp³-hybridized carbons (Fsp3) is 0.250. The first kappa shape index (κ1) is 19.0. The summed E-state index contributed by atoms with van der Waals surface area (Å²) in [5.74, 6) is -2.15. The van der Waals surface area contributed by atoms with Gasteiger partial charge >= 0.3 is 5.97 Å². The molecule has 0 spiro atoms. The molecule has 1 aromatic carbocycles. The molecule has 1 aliphatic heterocycles. The van der Waals surface area contributed by atoms with Crippen molar-refractivity contribution < 1.29 is 19.4 Å². The van der Waals surface area contributed by atoms with Gasteiger partial charge in [-0.15, -0.1) is 0 Å². The smallest absolute Gasteiger partial charge is 0.341 e. The molecule has 0 radical (unpaired) electrons. The molecule has 2 aromatic heterocycles. The van der Waals surface area contributed by atoms with Gasteiger partial charge in [0.25, 0.3) is 0 Å². The maximum absolute atomic E-state index is 14.7. The minimum Gasteiger partial charge on any atom is -0.477 e. The van der Waals surface area contributed by atoms with Crippen molar-refractivity contribution in [3.8, 4) is 0 Å². The lowest BCUT2D eigenvalue weighted by Gasteiger charge is -2.18. The number of nitrogens with zero attached hydrogens (tertiary/aromatic N) is 2. The van der Waals surface area contributed by atoms with E-state index in [0.29, 0.717) is 13.1 Å². The Kier molecular flexibility index (Phi) is 4.99. The molecule has 1 fully saturated rings. The Balaban J connectivity index is 1.56. The van der Waals surface area contributed by atoms with Crippen molar-refractivity contribution in [2.24, 2.45) is 0 Å². The predicted octanol–water partition coefficient (Wildman–Crippen LogP) is 1.10. The maximum atomic E-state index is 14.7. The van der Waals surface area contributed by atoms with Gasteiger partial charge in [-0.1, -0.05) is 30.3 Å². The molecule has 29 heavy (non-hydrogen) atoms. The molecule has 1 aliphatic rings. The van der Waals surface area contributed by atoms with Crippen LogP contribution < -0.4 is 15.6 Å². The number of rotatable bonds is 5. The first-order valence-electron chi connectivity index (χ1n) is 9.09. The van der Waals surface area contributed by atoms with Gasteiger partial charge in [0.1, 0.15) is 11.2 Å². The number of pyridine rings is 2. The normalized spacial score (nSPS) is 19.0. The van der Waals surface area contributed by atoms with Crippen molar-refractivity contribution in [1.82, 2.24) is 15.3 Å². The summed E-state index contributed by atoms with van der Waals surface area (Å²) < 4.78 is 14.7. The Hall–Kier alpha value is -3.30. The van der Waals surface area contributed by atoms with Crippen molar-refractivity contribution in [2.45, 2.75) is 18.7 Å². The summed E-state index contributed by atoms with van der Waals surface area (Å²) in [7, 11) is 0. The molecule has 2 atom stereocenters. The van der Waals surface area contributed by atoms with Crippen LogP contribution in [0.15, 0.2) is 47.4 Å². The van der Waals surface area contributed by atoms with Gasteiger partial charge in [0, 0.05) is 25.8 Å². The summed E-state index contributed by atoms with van der Waals surface area (Å²) in [6, 6.07) is 10.4. The Morgan fingerprint density at radius 2 is 2.07 bits per heavy atom. The molecule has 0 aliphatic carbocycles. The van der Waals surface area contributed by atoms with Crippen molar-refractivity contribution in [3.63, 3.8) is 0 Å². The van der Waals surface area contributed by atoms with Gasteiger partial charge in [-0.3, -0.25) is 4.79 Å². The number of halogens is 1. The Morgan fingerprint density at radius 3 is 2.79 bits per heavy atom. The van der Waals surface area contributed by atoms with Crippen molar-refractivity contribution in [3.05, 3.63) is 69.8 Å². The lowest BCUT2D eigenvalue weighted by Crippen LogP contribution is -2.38. The van der Waals surface area contributed by atoms with Crippen LogP contribution >= 0.6 is 0 Å². The predicted molar refractivity (Wildman–Crippen MR) is 105 cm³/mol. The van der Waals surface area contributed by atoms with E-state index >= 15 is 0 Å². The molecule has 4 rings (SSSR count). The second-order valence-corrected chi connectivity index (χ2v) is 6.97. The lowest BCUT2D eigenvalue weighted by molar-refractivity contribution is 0.0695. The van der Waals surface area contributed by atoms with Crippen LogP contribution in [0.5, 0.6) is 0 Å². The molecule has 0 unspecified atom stereocenters.